The topological polar surface area (TPSA) is 24.5 Å². The molecular weight excluding hydrogens is 224 g/mol. The minimum Gasteiger partial charge on any atom is -0.378 e. The standard InChI is InChI=1S/C15H32N2O/c1-7-8-16-13(2)14(3,4)11-17-9-10-18-12-15(17,5)6/h13,16H,7-12H2,1-6H3. The molecule has 1 aliphatic heterocycles. The smallest absolute Gasteiger partial charge is 0.0645 e. The van der Waals surface area contributed by atoms with E-state index in [0.717, 1.165) is 32.8 Å². The molecule has 0 aromatic heterocycles. The number of hydrogen-bond donors (Lipinski definition) is 1. The second kappa shape index (κ2) is 6.36. The first kappa shape index (κ1) is 15.9. The summed E-state index contributed by atoms with van der Waals surface area (Å²) in [5.41, 5.74) is 0.448. The lowest BCUT2D eigenvalue weighted by Gasteiger charge is -2.47. The summed E-state index contributed by atoms with van der Waals surface area (Å²) < 4.78 is 5.60. The maximum atomic E-state index is 5.60. The maximum absolute atomic E-state index is 5.60. The van der Waals surface area contributed by atoms with Gasteiger partial charge in [-0.3, -0.25) is 4.90 Å². The zero-order chi connectivity index (χ0) is 13.8. The predicted octanol–water partition coefficient (Wildman–Crippen LogP) is 2.51. The van der Waals surface area contributed by atoms with Gasteiger partial charge in [0.05, 0.1) is 13.2 Å². The van der Waals surface area contributed by atoms with Gasteiger partial charge in [0, 0.05) is 24.7 Å². The molecule has 1 aliphatic rings. The Hall–Kier alpha value is -0.120. The number of nitrogens with zero attached hydrogens (tertiary/aromatic N) is 1. The highest BCUT2D eigenvalue weighted by Gasteiger charge is 2.36. The monoisotopic (exact) mass is 256 g/mol. The molecule has 1 fully saturated rings. The van der Waals surface area contributed by atoms with E-state index in [9.17, 15) is 0 Å². The number of nitrogens with one attached hydrogen (secondary N) is 1. The third-order valence-electron chi connectivity index (χ3n) is 4.29. The molecule has 0 aliphatic carbocycles. The number of rotatable bonds is 6. The first-order chi connectivity index (χ1) is 8.29. The molecule has 0 radical (unpaired) electrons. The summed E-state index contributed by atoms with van der Waals surface area (Å²) in [6.07, 6.45) is 1.20. The van der Waals surface area contributed by atoms with Crippen LogP contribution in [0.3, 0.4) is 0 Å². The van der Waals surface area contributed by atoms with E-state index in [-0.39, 0.29) is 11.0 Å². The van der Waals surface area contributed by atoms with Crippen molar-refractivity contribution in [2.24, 2.45) is 5.41 Å². The Bertz CT molecular complexity index is 251. The average molecular weight is 256 g/mol. The van der Waals surface area contributed by atoms with E-state index in [2.05, 4.69) is 51.8 Å². The van der Waals surface area contributed by atoms with E-state index in [0.29, 0.717) is 6.04 Å². The summed E-state index contributed by atoms with van der Waals surface area (Å²) in [6, 6.07) is 0.538. The van der Waals surface area contributed by atoms with E-state index in [1.54, 1.807) is 0 Å². The average Bonchev–Trinajstić information content (AvgIpc) is 2.28. The molecule has 0 spiro atoms. The van der Waals surface area contributed by atoms with Crippen molar-refractivity contribution in [3.8, 4) is 0 Å². The lowest BCUT2D eigenvalue weighted by Crippen LogP contribution is -2.58. The molecule has 0 bridgehead atoms. The summed E-state index contributed by atoms with van der Waals surface area (Å²) in [4.78, 5) is 2.58. The second-order valence-corrected chi connectivity index (χ2v) is 6.95. The molecule has 0 aromatic carbocycles. The minimum absolute atomic E-state index is 0.167. The molecule has 0 saturated carbocycles. The van der Waals surface area contributed by atoms with Crippen LogP contribution in [-0.2, 0) is 4.74 Å². The van der Waals surface area contributed by atoms with Gasteiger partial charge >= 0.3 is 0 Å². The number of hydrogen-bond acceptors (Lipinski definition) is 3. The van der Waals surface area contributed by atoms with E-state index < -0.39 is 0 Å². The lowest BCUT2D eigenvalue weighted by atomic mass is 9.83. The predicted molar refractivity (Wildman–Crippen MR) is 78.0 cm³/mol. The Morgan fingerprint density at radius 3 is 2.61 bits per heavy atom. The Labute approximate surface area is 113 Å². The fraction of sp³-hybridized carbons (Fsp3) is 1.00. The quantitative estimate of drug-likeness (QED) is 0.790. The molecule has 3 heteroatoms. The van der Waals surface area contributed by atoms with Crippen molar-refractivity contribution >= 4 is 0 Å². The summed E-state index contributed by atoms with van der Waals surface area (Å²) in [5, 5.41) is 3.63. The molecule has 3 nitrogen and oxygen atoms in total. The first-order valence-corrected chi connectivity index (χ1v) is 7.36. The molecule has 1 unspecified atom stereocenters. The van der Waals surface area contributed by atoms with Crippen LogP contribution in [0.4, 0.5) is 0 Å². The van der Waals surface area contributed by atoms with E-state index in [1.807, 2.05) is 0 Å². The summed E-state index contributed by atoms with van der Waals surface area (Å²) in [5.74, 6) is 0. The van der Waals surface area contributed by atoms with Crippen LogP contribution in [-0.4, -0.2) is 49.3 Å². The Balaban J connectivity index is 2.57. The van der Waals surface area contributed by atoms with Crippen LogP contribution >= 0.6 is 0 Å². The highest BCUT2D eigenvalue weighted by Crippen LogP contribution is 2.28. The number of ether oxygens (including phenoxy) is 1. The van der Waals surface area contributed by atoms with Crippen molar-refractivity contribution in [1.29, 1.82) is 0 Å². The number of morpholine rings is 1. The lowest BCUT2D eigenvalue weighted by molar-refractivity contribution is -0.0676. The highest BCUT2D eigenvalue weighted by atomic mass is 16.5. The molecule has 1 atom stereocenters. The Kier molecular flexibility index (Phi) is 5.63. The summed E-state index contributed by atoms with van der Waals surface area (Å²) in [7, 11) is 0. The van der Waals surface area contributed by atoms with E-state index in [1.165, 1.54) is 6.42 Å². The molecule has 0 aromatic rings. The van der Waals surface area contributed by atoms with Crippen LogP contribution in [0, 0.1) is 5.41 Å². The largest absolute Gasteiger partial charge is 0.378 e. The molecule has 1 heterocycles. The van der Waals surface area contributed by atoms with E-state index >= 15 is 0 Å². The Morgan fingerprint density at radius 1 is 1.39 bits per heavy atom. The SMILES string of the molecule is CCCNC(C)C(C)(C)CN1CCOCC1(C)C. The fourth-order valence-electron chi connectivity index (χ4n) is 2.45. The molecule has 1 N–H and O–H groups in total. The van der Waals surface area contributed by atoms with Gasteiger partial charge in [-0.05, 0) is 39.2 Å². The molecule has 0 amide bonds. The third kappa shape index (κ3) is 4.22. The van der Waals surface area contributed by atoms with Crippen molar-refractivity contribution in [2.75, 3.05) is 32.8 Å². The second-order valence-electron chi connectivity index (χ2n) is 6.95. The van der Waals surface area contributed by atoms with E-state index in [4.69, 9.17) is 4.74 Å². The van der Waals surface area contributed by atoms with Crippen LogP contribution in [0.5, 0.6) is 0 Å². The van der Waals surface area contributed by atoms with Crippen LogP contribution in [0.25, 0.3) is 0 Å². The zero-order valence-corrected chi connectivity index (χ0v) is 13.2. The summed E-state index contributed by atoms with van der Waals surface area (Å²) in [6.45, 7) is 18.8. The van der Waals surface area contributed by atoms with Crippen molar-refractivity contribution in [3.63, 3.8) is 0 Å². The van der Waals surface area contributed by atoms with Crippen LogP contribution < -0.4 is 5.32 Å². The molecule has 108 valence electrons. The fourth-order valence-corrected chi connectivity index (χ4v) is 2.45. The Morgan fingerprint density at radius 2 is 2.06 bits per heavy atom. The van der Waals surface area contributed by atoms with Gasteiger partial charge in [0.2, 0.25) is 0 Å². The molecule has 1 rings (SSSR count). The third-order valence-corrected chi connectivity index (χ3v) is 4.29. The van der Waals surface area contributed by atoms with Crippen LogP contribution in [0.2, 0.25) is 0 Å². The van der Waals surface area contributed by atoms with Gasteiger partial charge in [0.1, 0.15) is 0 Å². The van der Waals surface area contributed by atoms with Crippen molar-refractivity contribution in [2.45, 2.75) is 59.5 Å². The zero-order valence-electron chi connectivity index (χ0n) is 13.2. The van der Waals surface area contributed by atoms with Crippen molar-refractivity contribution in [1.82, 2.24) is 10.2 Å². The van der Waals surface area contributed by atoms with Gasteiger partial charge in [-0.2, -0.15) is 0 Å². The van der Waals surface area contributed by atoms with Gasteiger partial charge in [-0.15, -0.1) is 0 Å². The van der Waals surface area contributed by atoms with Crippen LogP contribution in [0.1, 0.15) is 48.0 Å². The highest BCUT2D eigenvalue weighted by molar-refractivity contribution is 4.91. The van der Waals surface area contributed by atoms with Crippen molar-refractivity contribution < 1.29 is 4.74 Å². The van der Waals surface area contributed by atoms with Gasteiger partial charge in [-0.25, -0.2) is 0 Å². The van der Waals surface area contributed by atoms with Gasteiger partial charge in [0.25, 0.3) is 0 Å². The normalized spacial score (nSPS) is 23.0. The maximum Gasteiger partial charge on any atom is 0.0645 e. The summed E-state index contributed by atoms with van der Waals surface area (Å²) >= 11 is 0. The minimum atomic E-state index is 0.167. The van der Waals surface area contributed by atoms with Gasteiger partial charge < -0.3 is 10.1 Å². The van der Waals surface area contributed by atoms with Gasteiger partial charge in [-0.1, -0.05) is 20.8 Å². The molecular formula is C15H32N2O. The van der Waals surface area contributed by atoms with Crippen LogP contribution in [0.15, 0.2) is 0 Å². The molecule has 1 saturated heterocycles. The first-order valence-electron chi connectivity index (χ1n) is 7.36. The molecule has 18 heavy (non-hydrogen) atoms. The van der Waals surface area contributed by atoms with Gasteiger partial charge in [0.15, 0.2) is 0 Å². The van der Waals surface area contributed by atoms with Crippen molar-refractivity contribution in [3.05, 3.63) is 0 Å².